The van der Waals surface area contributed by atoms with E-state index in [-0.39, 0.29) is 16.8 Å². The first-order valence-corrected chi connectivity index (χ1v) is 1.21. The van der Waals surface area contributed by atoms with Crippen LogP contribution in [0.25, 0.3) is 0 Å². The number of hydrogen-bond donors (Lipinski definition) is 0. The van der Waals surface area contributed by atoms with Crippen molar-refractivity contribution in [1.82, 2.24) is 0 Å². The average molecular weight is 102 g/mol. The largest absolute Gasteiger partial charge is 2.00 e. The van der Waals surface area contributed by atoms with Gasteiger partial charge in [-0.15, -0.1) is 0 Å². The fraction of sp³-hybridized carbons (Fsp3) is 0.667. The Bertz CT molecular complexity index is 3.25. The van der Waals surface area contributed by atoms with Gasteiger partial charge in [-0.3, -0.25) is 0 Å². The summed E-state index contributed by atoms with van der Waals surface area (Å²) in [6, 6.07) is 0. The molecule has 4 heavy (non-hydrogen) atoms. The van der Waals surface area contributed by atoms with Crippen LogP contribution >= 0.6 is 0 Å². The molecule has 0 saturated heterocycles. The predicted octanol–water partition coefficient (Wildman–Crippen LogP) is 1.23. The summed E-state index contributed by atoms with van der Waals surface area (Å²) >= 11 is 0. The molecule has 0 nitrogen and oxygen atoms in total. The second-order valence-electron chi connectivity index (χ2n) is 0.500. The van der Waals surface area contributed by atoms with Crippen LogP contribution in [-0.2, 0) is 16.8 Å². The fourth-order valence-electron chi connectivity index (χ4n) is 0. The third kappa shape index (κ3) is 22.2. The zero-order chi connectivity index (χ0) is 2.71. The van der Waals surface area contributed by atoms with Crippen molar-refractivity contribution >= 4 is 0 Å². The fourth-order valence-corrected chi connectivity index (χ4v) is 0. The van der Waals surface area contributed by atoms with E-state index in [1.165, 1.54) is 0 Å². The molecule has 0 saturated carbocycles. The molecule has 0 aromatic rings. The van der Waals surface area contributed by atoms with E-state index in [2.05, 4.69) is 6.92 Å². The van der Waals surface area contributed by atoms with Crippen LogP contribution in [0.3, 0.4) is 0 Å². The minimum atomic E-state index is 0. The number of rotatable bonds is 0. The quantitative estimate of drug-likeness (QED) is 0.403. The maximum Gasteiger partial charge on any atom is 2.00 e. The number of hydrogen-bond acceptors (Lipinski definition) is 0. The summed E-state index contributed by atoms with van der Waals surface area (Å²) in [6.07, 6.45) is 1.00. The third-order valence-electron chi connectivity index (χ3n) is 0. The molecule has 0 aliphatic rings. The van der Waals surface area contributed by atoms with Crippen LogP contribution in [0.15, 0.2) is 0 Å². The van der Waals surface area contributed by atoms with Gasteiger partial charge in [-0.2, -0.15) is 6.42 Å². The summed E-state index contributed by atoms with van der Waals surface area (Å²) < 4.78 is 0. The Hall–Kier alpha value is 0.506. The SMILES string of the molecule is [CH2-]CC.[Co+2]. The van der Waals surface area contributed by atoms with Gasteiger partial charge in [0, 0.05) is 0 Å². The molecule has 0 aliphatic heterocycles. The molecule has 1 radical (unpaired) electrons. The molecule has 0 bridgehead atoms. The Morgan fingerprint density at radius 1 is 1.75 bits per heavy atom. The average Bonchev–Trinajstić information content (AvgIpc) is 0.918. The Labute approximate surface area is 37.8 Å². The summed E-state index contributed by atoms with van der Waals surface area (Å²) in [7, 11) is 0. The van der Waals surface area contributed by atoms with Gasteiger partial charge in [0.1, 0.15) is 0 Å². The normalized spacial score (nSPS) is 4.50. The van der Waals surface area contributed by atoms with E-state index in [0.29, 0.717) is 0 Å². The van der Waals surface area contributed by atoms with Gasteiger partial charge >= 0.3 is 16.8 Å². The van der Waals surface area contributed by atoms with Crippen molar-refractivity contribution in [2.24, 2.45) is 0 Å². The van der Waals surface area contributed by atoms with E-state index in [9.17, 15) is 0 Å². The van der Waals surface area contributed by atoms with Crippen LogP contribution in [0.4, 0.5) is 0 Å². The van der Waals surface area contributed by atoms with Gasteiger partial charge in [0.2, 0.25) is 0 Å². The Kier molecular flexibility index (Phi) is 21.4. The van der Waals surface area contributed by atoms with Crippen LogP contribution in [0, 0.1) is 6.92 Å². The molecule has 0 rings (SSSR count). The van der Waals surface area contributed by atoms with Crippen LogP contribution in [0.1, 0.15) is 13.3 Å². The van der Waals surface area contributed by atoms with Gasteiger partial charge in [-0.25, -0.2) is 0 Å². The molecule has 0 aliphatic carbocycles. The first kappa shape index (κ1) is 8.82. The van der Waals surface area contributed by atoms with Crippen molar-refractivity contribution in [2.45, 2.75) is 13.3 Å². The van der Waals surface area contributed by atoms with Crippen molar-refractivity contribution in [3.8, 4) is 0 Å². The van der Waals surface area contributed by atoms with Gasteiger partial charge in [0.05, 0.1) is 0 Å². The molecule has 0 amide bonds. The standard InChI is InChI=1S/C3H7.Co/c1-3-2;/h1,3H2,2H3;/q-1;+2. The maximum atomic E-state index is 3.49. The molecule has 1 heteroatoms. The van der Waals surface area contributed by atoms with Gasteiger partial charge in [0.25, 0.3) is 0 Å². The summed E-state index contributed by atoms with van der Waals surface area (Å²) in [5.41, 5.74) is 0. The van der Waals surface area contributed by atoms with Crippen molar-refractivity contribution in [3.05, 3.63) is 6.92 Å². The molecular formula is C3H7Co+. The molecule has 27 valence electrons. The third-order valence-corrected chi connectivity index (χ3v) is 0. The topological polar surface area (TPSA) is 0 Å². The molecule has 0 atom stereocenters. The summed E-state index contributed by atoms with van der Waals surface area (Å²) in [4.78, 5) is 0. The van der Waals surface area contributed by atoms with Crippen LogP contribution in [0.2, 0.25) is 0 Å². The minimum Gasteiger partial charge on any atom is -0.344 e. The minimum absolute atomic E-state index is 0. The monoisotopic (exact) mass is 102 g/mol. The molecule has 0 fully saturated rings. The first-order valence-electron chi connectivity index (χ1n) is 1.21. The van der Waals surface area contributed by atoms with Crippen molar-refractivity contribution in [3.63, 3.8) is 0 Å². The molecular weight excluding hydrogens is 95.0 g/mol. The van der Waals surface area contributed by atoms with E-state index in [1.807, 2.05) is 6.92 Å². The second kappa shape index (κ2) is 9.71. The molecule has 0 heterocycles. The molecule has 0 spiro atoms. The van der Waals surface area contributed by atoms with Gasteiger partial charge in [-0.05, 0) is 0 Å². The molecule has 0 aromatic heterocycles. The van der Waals surface area contributed by atoms with E-state index in [0.717, 1.165) is 6.42 Å². The second-order valence-corrected chi connectivity index (χ2v) is 0.500. The summed E-state index contributed by atoms with van der Waals surface area (Å²) in [6.45, 7) is 5.50. The van der Waals surface area contributed by atoms with Crippen molar-refractivity contribution in [2.75, 3.05) is 0 Å². The van der Waals surface area contributed by atoms with E-state index in [4.69, 9.17) is 0 Å². The Morgan fingerprint density at radius 2 is 1.75 bits per heavy atom. The van der Waals surface area contributed by atoms with Gasteiger partial charge in [-0.1, -0.05) is 6.92 Å². The van der Waals surface area contributed by atoms with E-state index < -0.39 is 0 Å². The smallest absolute Gasteiger partial charge is 0.344 e. The van der Waals surface area contributed by atoms with Gasteiger partial charge < -0.3 is 6.92 Å². The Balaban J connectivity index is 0. The van der Waals surface area contributed by atoms with Crippen LogP contribution < -0.4 is 0 Å². The zero-order valence-corrected chi connectivity index (χ0v) is 3.79. The Morgan fingerprint density at radius 3 is 1.75 bits per heavy atom. The molecule has 0 N–H and O–H groups in total. The summed E-state index contributed by atoms with van der Waals surface area (Å²) in [5.74, 6) is 0. The first-order chi connectivity index (χ1) is 1.41. The molecule has 0 unspecified atom stereocenters. The van der Waals surface area contributed by atoms with Crippen molar-refractivity contribution in [1.29, 1.82) is 0 Å². The molecule has 0 aromatic carbocycles. The van der Waals surface area contributed by atoms with E-state index in [1.54, 1.807) is 0 Å². The van der Waals surface area contributed by atoms with Crippen LogP contribution in [0.5, 0.6) is 0 Å². The maximum absolute atomic E-state index is 3.49. The van der Waals surface area contributed by atoms with E-state index >= 15 is 0 Å². The van der Waals surface area contributed by atoms with Crippen LogP contribution in [-0.4, -0.2) is 0 Å². The zero-order valence-electron chi connectivity index (χ0n) is 2.75. The summed E-state index contributed by atoms with van der Waals surface area (Å²) in [5, 5.41) is 0. The predicted molar refractivity (Wildman–Crippen MR) is 15.6 cm³/mol. The van der Waals surface area contributed by atoms with Crippen molar-refractivity contribution < 1.29 is 16.8 Å². The van der Waals surface area contributed by atoms with Gasteiger partial charge in [0.15, 0.2) is 0 Å².